The Hall–Kier alpha value is -1.81. The molecule has 0 aliphatic carbocycles. The molecule has 0 aliphatic heterocycles. The van der Waals surface area contributed by atoms with E-state index in [2.05, 4.69) is 21.2 Å². The lowest BCUT2D eigenvalue weighted by molar-refractivity contribution is -0.116. The summed E-state index contributed by atoms with van der Waals surface area (Å²) >= 11 is 3.44. The van der Waals surface area contributed by atoms with Crippen molar-refractivity contribution in [3.63, 3.8) is 0 Å². The molecule has 2 aromatic rings. The number of carbonyl (C=O) groups excluding carboxylic acids is 1. The van der Waals surface area contributed by atoms with Crippen molar-refractivity contribution in [1.82, 2.24) is 0 Å². The minimum atomic E-state index is 0.00847. The highest BCUT2D eigenvalue weighted by Crippen LogP contribution is 2.20. The molecule has 4 heteroatoms. The predicted octanol–water partition coefficient (Wildman–Crippen LogP) is 3.91. The number of aryl methyl sites for hydroxylation is 2. The second-order valence-electron chi connectivity index (χ2n) is 4.76. The van der Waals surface area contributed by atoms with Gasteiger partial charge in [-0.15, -0.1) is 0 Å². The predicted molar refractivity (Wildman–Crippen MR) is 86.7 cm³/mol. The summed E-state index contributed by atoms with van der Waals surface area (Å²) in [5.41, 5.74) is 9.44. The summed E-state index contributed by atoms with van der Waals surface area (Å²) in [7, 11) is 0. The van der Waals surface area contributed by atoms with Gasteiger partial charge in [-0.1, -0.05) is 28.1 Å². The number of anilines is 2. The van der Waals surface area contributed by atoms with Gasteiger partial charge in [-0.05, 0) is 54.8 Å². The van der Waals surface area contributed by atoms with Gasteiger partial charge in [-0.25, -0.2) is 0 Å². The fraction of sp³-hybridized carbons (Fsp3) is 0.188. The van der Waals surface area contributed by atoms with E-state index in [1.165, 1.54) is 0 Å². The van der Waals surface area contributed by atoms with Crippen LogP contribution < -0.4 is 11.1 Å². The molecule has 20 heavy (non-hydrogen) atoms. The molecule has 0 bridgehead atoms. The van der Waals surface area contributed by atoms with Crippen LogP contribution in [0.5, 0.6) is 0 Å². The molecule has 0 aliphatic rings. The molecule has 0 spiro atoms. The quantitative estimate of drug-likeness (QED) is 0.834. The average Bonchev–Trinajstić information content (AvgIpc) is 2.41. The van der Waals surface area contributed by atoms with Crippen molar-refractivity contribution in [2.45, 2.75) is 19.8 Å². The molecule has 104 valence electrons. The molecule has 0 heterocycles. The minimum absolute atomic E-state index is 0.00847. The molecule has 0 saturated carbocycles. The van der Waals surface area contributed by atoms with Gasteiger partial charge in [0.15, 0.2) is 0 Å². The van der Waals surface area contributed by atoms with Crippen molar-refractivity contribution >= 4 is 33.2 Å². The van der Waals surface area contributed by atoms with Crippen molar-refractivity contribution in [3.05, 3.63) is 58.1 Å². The first-order valence-corrected chi connectivity index (χ1v) is 7.24. The monoisotopic (exact) mass is 332 g/mol. The highest BCUT2D eigenvalue weighted by Gasteiger charge is 2.04. The lowest BCUT2D eigenvalue weighted by Gasteiger charge is -2.07. The molecule has 3 nitrogen and oxygen atoms in total. The Bertz CT molecular complexity index is 626. The summed E-state index contributed by atoms with van der Waals surface area (Å²) < 4.78 is 1.04. The highest BCUT2D eigenvalue weighted by molar-refractivity contribution is 9.10. The lowest BCUT2D eigenvalue weighted by Crippen LogP contribution is -2.12. The maximum absolute atomic E-state index is 11.9. The maximum Gasteiger partial charge on any atom is 0.224 e. The van der Waals surface area contributed by atoms with Gasteiger partial charge in [0, 0.05) is 22.3 Å². The number of halogens is 1. The first-order chi connectivity index (χ1) is 9.54. The molecular formula is C16H17BrN2O. The van der Waals surface area contributed by atoms with Crippen LogP contribution >= 0.6 is 15.9 Å². The zero-order valence-corrected chi connectivity index (χ0v) is 12.9. The molecule has 0 atom stereocenters. The third-order valence-corrected chi connectivity index (χ3v) is 3.92. The van der Waals surface area contributed by atoms with Gasteiger partial charge in [0.05, 0.1) is 0 Å². The number of nitrogens with two attached hydrogens (primary N) is 1. The Labute approximate surface area is 127 Å². The summed E-state index contributed by atoms with van der Waals surface area (Å²) in [4.78, 5) is 11.9. The molecule has 2 aromatic carbocycles. The number of amides is 1. The van der Waals surface area contributed by atoms with Crippen LogP contribution in [0.15, 0.2) is 46.9 Å². The van der Waals surface area contributed by atoms with Gasteiger partial charge in [0.1, 0.15) is 0 Å². The number of hydrogen-bond acceptors (Lipinski definition) is 2. The maximum atomic E-state index is 11.9. The van der Waals surface area contributed by atoms with Crippen LogP contribution in [-0.4, -0.2) is 5.91 Å². The standard InChI is InChI=1S/C16H17BrN2O/c1-11-9-14(6-7-15(11)17)19-16(20)8-5-12-3-2-4-13(18)10-12/h2-4,6-7,9-10H,5,8,18H2,1H3,(H,19,20). The van der Waals surface area contributed by atoms with E-state index in [1.807, 2.05) is 49.4 Å². The van der Waals surface area contributed by atoms with Crippen molar-refractivity contribution in [2.75, 3.05) is 11.1 Å². The largest absolute Gasteiger partial charge is 0.399 e. The van der Waals surface area contributed by atoms with E-state index >= 15 is 0 Å². The smallest absolute Gasteiger partial charge is 0.224 e. The van der Waals surface area contributed by atoms with E-state index in [0.717, 1.165) is 27.0 Å². The highest BCUT2D eigenvalue weighted by atomic mass is 79.9. The van der Waals surface area contributed by atoms with E-state index in [9.17, 15) is 4.79 Å². The van der Waals surface area contributed by atoms with Crippen molar-refractivity contribution in [3.8, 4) is 0 Å². The van der Waals surface area contributed by atoms with Gasteiger partial charge in [-0.2, -0.15) is 0 Å². The number of carbonyl (C=O) groups is 1. The van der Waals surface area contributed by atoms with Crippen molar-refractivity contribution in [2.24, 2.45) is 0 Å². The van der Waals surface area contributed by atoms with Crippen LogP contribution in [0.25, 0.3) is 0 Å². The number of nitrogens with one attached hydrogen (secondary N) is 1. The Balaban J connectivity index is 1.91. The van der Waals surface area contributed by atoms with Gasteiger partial charge >= 0.3 is 0 Å². The van der Waals surface area contributed by atoms with E-state index in [4.69, 9.17) is 5.73 Å². The zero-order valence-electron chi connectivity index (χ0n) is 11.3. The zero-order chi connectivity index (χ0) is 14.5. The molecule has 0 radical (unpaired) electrons. The summed E-state index contributed by atoms with van der Waals surface area (Å²) in [5.74, 6) is 0.00847. The molecular weight excluding hydrogens is 316 g/mol. The number of rotatable bonds is 4. The van der Waals surface area contributed by atoms with Crippen LogP contribution in [-0.2, 0) is 11.2 Å². The molecule has 0 unspecified atom stereocenters. The summed E-state index contributed by atoms with van der Waals surface area (Å²) in [5, 5.41) is 2.90. The van der Waals surface area contributed by atoms with E-state index < -0.39 is 0 Å². The van der Waals surface area contributed by atoms with E-state index in [1.54, 1.807) is 0 Å². The Kier molecular flexibility index (Phi) is 4.79. The second kappa shape index (κ2) is 6.57. The first kappa shape index (κ1) is 14.6. The molecule has 0 fully saturated rings. The summed E-state index contributed by atoms with van der Waals surface area (Å²) in [6.45, 7) is 1.99. The van der Waals surface area contributed by atoms with Crippen LogP contribution in [0.3, 0.4) is 0 Å². The van der Waals surface area contributed by atoms with E-state index in [-0.39, 0.29) is 5.91 Å². The third-order valence-electron chi connectivity index (χ3n) is 3.03. The van der Waals surface area contributed by atoms with Crippen molar-refractivity contribution < 1.29 is 4.79 Å². The molecule has 0 saturated heterocycles. The fourth-order valence-electron chi connectivity index (χ4n) is 1.95. The third kappa shape index (κ3) is 4.10. The lowest BCUT2D eigenvalue weighted by atomic mass is 10.1. The topological polar surface area (TPSA) is 55.1 Å². The molecule has 2 rings (SSSR count). The normalized spacial score (nSPS) is 10.3. The van der Waals surface area contributed by atoms with Gasteiger partial charge in [0.2, 0.25) is 5.91 Å². The molecule has 3 N–H and O–H groups in total. The minimum Gasteiger partial charge on any atom is -0.399 e. The van der Waals surface area contributed by atoms with Gasteiger partial charge < -0.3 is 11.1 Å². The average molecular weight is 333 g/mol. The van der Waals surface area contributed by atoms with Crippen LogP contribution in [0.1, 0.15) is 17.5 Å². The Morgan fingerprint density at radius 3 is 2.75 bits per heavy atom. The van der Waals surface area contributed by atoms with Gasteiger partial charge in [0.25, 0.3) is 0 Å². The number of hydrogen-bond donors (Lipinski definition) is 2. The van der Waals surface area contributed by atoms with Crippen molar-refractivity contribution in [1.29, 1.82) is 0 Å². The Morgan fingerprint density at radius 2 is 2.05 bits per heavy atom. The van der Waals surface area contributed by atoms with Crippen LogP contribution in [0.2, 0.25) is 0 Å². The number of benzene rings is 2. The van der Waals surface area contributed by atoms with E-state index in [0.29, 0.717) is 12.8 Å². The fourth-order valence-corrected chi connectivity index (χ4v) is 2.20. The van der Waals surface area contributed by atoms with Crippen LogP contribution in [0.4, 0.5) is 11.4 Å². The summed E-state index contributed by atoms with van der Waals surface area (Å²) in [6, 6.07) is 13.4. The van der Waals surface area contributed by atoms with Gasteiger partial charge in [-0.3, -0.25) is 4.79 Å². The summed E-state index contributed by atoms with van der Waals surface area (Å²) in [6.07, 6.45) is 1.13. The second-order valence-corrected chi connectivity index (χ2v) is 5.61. The first-order valence-electron chi connectivity index (χ1n) is 6.45. The number of nitrogen functional groups attached to an aromatic ring is 1. The molecule has 0 aromatic heterocycles. The Morgan fingerprint density at radius 1 is 1.25 bits per heavy atom. The SMILES string of the molecule is Cc1cc(NC(=O)CCc2cccc(N)c2)ccc1Br. The molecule has 1 amide bonds. The van der Waals surface area contributed by atoms with Crippen LogP contribution in [0, 0.1) is 6.92 Å².